The Hall–Kier alpha value is -4.33. The van der Waals surface area contributed by atoms with Crippen molar-refractivity contribution >= 4 is 17.5 Å². The number of carbonyl (C=O) groups excluding carboxylic acids is 2. The molecule has 1 unspecified atom stereocenters. The van der Waals surface area contributed by atoms with Gasteiger partial charge in [0, 0.05) is 17.8 Å². The lowest BCUT2D eigenvalue weighted by Gasteiger charge is -2.31. The van der Waals surface area contributed by atoms with Crippen molar-refractivity contribution in [3.63, 3.8) is 0 Å². The molecule has 34 heavy (non-hydrogen) atoms. The molecule has 0 aliphatic heterocycles. The van der Waals surface area contributed by atoms with Gasteiger partial charge in [0.25, 0.3) is 11.8 Å². The van der Waals surface area contributed by atoms with Crippen LogP contribution < -0.4 is 5.32 Å². The van der Waals surface area contributed by atoms with E-state index in [4.69, 9.17) is 4.42 Å². The number of benzene rings is 3. The summed E-state index contributed by atoms with van der Waals surface area (Å²) in [5.74, 6) is -3.10. The predicted octanol–water partition coefficient (Wildman–Crippen LogP) is 5.72. The second-order valence-electron chi connectivity index (χ2n) is 7.46. The van der Waals surface area contributed by atoms with Gasteiger partial charge in [0.2, 0.25) is 0 Å². The molecule has 0 saturated heterocycles. The Kier molecular flexibility index (Phi) is 6.77. The van der Waals surface area contributed by atoms with Crippen LogP contribution in [0.25, 0.3) is 0 Å². The molecule has 0 saturated carbocycles. The van der Waals surface area contributed by atoms with Crippen molar-refractivity contribution in [2.45, 2.75) is 12.6 Å². The van der Waals surface area contributed by atoms with Gasteiger partial charge in [-0.25, -0.2) is 13.2 Å². The zero-order valence-corrected chi connectivity index (χ0v) is 17.8. The van der Waals surface area contributed by atoms with Crippen LogP contribution in [0.15, 0.2) is 95.6 Å². The molecule has 1 N–H and O–H groups in total. The van der Waals surface area contributed by atoms with Crippen LogP contribution in [-0.2, 0) is 11.3 Å². The second-order valence-corrected chi connectivity index (χ2v) is 7.46. The van der Waals surface area contributed by atoms with Crippen molar-refractivity contribution in [1.82, 2.24) is 4.90 Å². The van der Waals surface area contributed by atoms with E-state index in [9.17, 15) is 22.8 Å². The minimum absolute atomic E-state index is 0.0517. The quantitative estimate of drug-likeness (QED) is 0.381. The van der Waals surface area contributed by atoms with Crippen molar-refractivity contribution in [2.75, 3.05) is 5.32 Å². The van der Waals surface area contributed by atoms with E-state index < -0.39 is 35.3 Å². The Morgan fingerprint density at radius 2 is 1.47 bits per heavy atom. The summed E-state index contributed by atoms with van der Waals surface area (Å²) in [4.78, 5) is 28.0. The largest absolute Gasteiger partial charge is 0.459 e. The number of amides is 2. The monoisotopic (exact) mass is 464 g/mol. The molecule has 1 atom stereocenters. The lowest BCUT2D eigenvalue weighted by Crippen LogP contribution is -2.41. The number of hydrogen-bond acceptors (Lipinski definition) is 3. The predicted molar refractivity (Wildman–Crippen MR) is 119 cm³/mol. The van der Waals surface area contributed by atoms with Crippen molar-refractivity contribution in [2.24, 2.45) is 0 Å². The number of halogens is 3. The van der Waals surface area contributed by atoms with E-state index in [2.05, 4.69) is 5.32 Å². The summed E-state index contributed by atoms with van der Waals surface area (Å²) in [7, 11) is 0. The molecule has 1 heterocycles. The van der Waals surface area contributed by atoms with Crippen LogP contribution in [0.2, 0.25) is 0 Å². The first-order valence-corrected chi connectivity index (χ1v) is 10.3. The van der Waals surface area contributed by atoms with Crippen LogP contribution in [0.3, 0.4) is 0 Å². The maximum absolute atomic E-state index is 14.9. The van der Waals surface area contributed by atoms with Gasteiger partial charge in [-0.2, -0.15) is 0 Å². The molecule has 4 rings (SSSR count). The third-order valence-corrected chi connectivity index (χ3v) is 5.13. The van der Waals surface area contributed by atoms with E-state index >= 15 is 0 Å². The molecule has 0 fully saturated rings. The number of furan rings is 1. The van der Waals surface area contributed by atoms with Gasteiger partial charge in [-0.15, -0.1) is 0 Å². The normalized spacial score (nSPS) is 11.6. The molecule has 0 aliphatic carbocycles. The van der Waals surface area contributed by atoms with Crippen LogP contribution >= 0.6 is 0 Å². The van der Waals surface area contributed by atoms with Crippen LogP contribution in [0.5, 0.6) is 0 Å². The molecular formula is C26H19F3N2O3. The molecular weight excluding hydrogens is 445 g/mol. The molecule has 0 radical (unpaired) electrons. The van der Waals surface area contributed by atoms with E-state index in [0.29, 0.717) is 5.56 Å². The van der Waals surface area contributed by atoms with E-state index in [-0.39, 0.29) is 23.6 Å². The molecule has 2 amide bonds. The summed E-state index contributed by atoms with van der Waals surface area (Å²) in [6.07, 6.45) is 1.31. The van der Waals surface area contributed by atoms with Gasteiger partial charge < -0.3 is 14.6 Å². The molecule has 172 valence electrons. The summed E-state index contributed by atoms with van der Waals surface area (Å²) in [6, 6.07) is 17.5. The lowest BCUT2D eigenvalue weighted by atomic mass is 10.0. The number of anilines is 1. The van der Waals surface area contributed by atoms with Crippen LogP contribution in [-0.4, -0.2) is 16.7 Å². The van der Waals surface area contributed by atoms with E-state index in [1.165, 1.54) is 73.0 Å². The maximum atomic E-state index is 14.9. The number of nitrogens with one attached hydrogen (secondary N) is 1. The van der Waals surface area contributed by atoms with Gasteiger partial charge in [0.1, 0.15) is 23.5 Å². The number of rotatable bonds is 7. The molecule has 0 aliphatic rings. The minimum atomic E-state index is -1.42. The van der Waals surface area contributed by atoms with E-state index in [0.717, 1.165) is 17.0 Å². The van der Waals surface area contributed by atoms with Crippen molar-refractivity contribution < 1.29 is 27.2 Å². The molecule has 8 heteroatoms. The highest BCUT2D eigenvalue weighted by Crippen LogP contribution is 2.29. The molecule has 0 spiro atoms. The summed E-state index contributed by atoms with van der Waals surface area (Å²) in [6.45, 7) is -0.143. The fourth-order valence-corrected chi connectivity index (χ4v) is 3.50. The fourth-order valence-electron chi connectivity index (χ4n) is 3.50. The van der Waals surface area contributed by atoms with Gasteiger partial charge >= 0.3 is 0 Å². The first-order valence-electron chi connectivity index (χ1n) is 10.3. The molecule has 5 nitrogen and oxygen atoms in total. The topological polar surface area (TPSA) is 62.6 Å². The highest BCUT2D eigenvalue weighted by atomic mass is 19.1. The van der Waals surface area contributed by atoms with Crippen molar-refractivity contribution in [1.29, 1.82) is 0 Å². The Bertz CT molecular complexity index is 1270. The van der Waals surface area contributed by atoms with Gasteiger partial charge in [0.05, 0.1) is 6.26 Å². The van der Waals surface area contributed by atoms with Crippen molar-refractivity contribution in [3.8, 4) is 0 Å². The SMILES string of the molecule is O=C(Nc1ccc(F)cc1)C(c1ccccc1F)N(Cc1ccc(F)cc1)C(=O)c1ccco1. The Labute approximate surface area is 193 Å². The third-order valence-electron chi connectivity index (χ3n) is 5.13. The highest BCUT2D eigenvalue weighted by molar-refractivity contribution is 6.00. The van der Waals surface area contributed by atoms with Crippen LogP contribution in [0, 0.1) is 17.5 Å². The Morgan fingerprint density at radius 3 is 2.09 bits per heavy atom. The number of hydrogen-bond donors (Lipinski definition) is 1. The second kappa shape index (κ2) is 10.1. The zero-order valence-electron chi connectivity index (χ0n) is 17.8. The van der Waals surface area contributed by atoms with E-state index in [1.807, 2.05) is 0 Å². The third kappa shape index (κ3) is 5.17. The van der Waals surface area contributed by atoms with Crippen LogP contribution in [0.1, 0.15) is 27.7 Å². The fraction of sp³-hybridized carbons (Fsp3) is 0.0769. The highest BCUT2D eigenvalue weighted by Gasteiger charge is 2.35. The standard InChI is InChI=1S/C26H19F3N2O3/c27-18-9-7-17(8-10-18)16-31(26(33)23-6-3-15-34-23)24(21-4-1-2-5-22(21)29)25(32)30-20-13-11-19(28)12-14-20/h1-15,24H,16H2,(H,30,32). The summed E-state index contributed by atoms with van der Waals surface area (Å²) >= 11 is 0. The van der Waals surface area contributed by atoms with E-state index in [1.54, 1.807) is 6.07 Å². The van der Waals surface area contributed by atoms with Gasteiger partial charge in [-0.05, 0) is 60.2 Å². The smallest absolute Gasteiger partial charge is 0.290 e. The Morgan fingerprint density at radius 1 is 0.824 bits per heavy atom. The molecule has 4 aromatic rings. The number of carbonyl (C=O) groups is 2. The molecule has 0 bridgehead atoms. The summed E-state index contributed by atoms with van der Waals surface area (Å²) < 4.78 is 46.9. The lowest BCUT2D eigenvalue weighted by molar-refractivity contribution is -0.121. The average molecular weight is 464 g/mol. The number of nitrogens with zero attached hydrogens (tertiary/aromatic N) is 1. The van der Waals surface area contributed by atoms with Crippen molar-refractivity contribution in [3.05, 3.63) is 126 Å². The maximum Gasteiger partial charge on any atom is 0.290 e. The average Bonchev–Trinajstić information content (AvgIpc) is 3.37. The van der Waals surface area contributed by atoms with Crippen LogP contribution in [0.4, 0.5) is 18.9 Å². The summed E-state index contributed by atoms with van der Waals surface area (Å²) in [5.41, 5.74) is 0.723. The van der Waals surface area contributed by atoms with Gasteiger partial charge in [-0.1, -0.05) is 30.3 Å². The minimum Gasteiger partial charge on any atom is -0.459 e. The zero-order chi connectivity index (χ0) is 24.1. The molecule has 1 aromatic heterocycles. The first-order chi connectivity index (χ1) is 16.4. The summed E-state index contributed by atoms with van der Waals surface area (Å²) in [5, 5.41) is 2.61. The molecule has 3 aromatic carbocycles. The van der Waals surface area contributed by atoms with Gasteiger partial charge in [-0.3, -0.25) is 9.59 Å². The Balaban J connectivity index is 1.78. The van der Waals surface area contributed by atoms with Gasteiger partial charge in [0.15, 0.2) is 5.76 Å². The first kappa shape index (κ1) is 22.8.